The number of rotatable bonds is 10. The molecule has 4 aromatic rings. The molecule has 2 saturated carbocycles. The van der Waals surface area contributed by atoms with Gasteiger partial charge in [0.2, 0.25) is 5.91 Å². The van der Waals surface area contributed by atoms with Crippen molar-refractivity contribution in [1.82, 2.24) is 30.0 Å². The van der Waals surface area contributed by atoms with E-state index in [1.54, 1.807) is 24.7 Å². The lowest BCUT2D eigenvalue weighted by Gasteiger charge is -2.12. The number of imidazole rings is 1. The fourth-order valence-electron chi connectivity index (χ4n) is 4.84. The monoisotopic (exact) mass is 553 g/mol. The molecular formula is C26H28ClN7O3S. The molecule has 0 spiro atoms. The fraction of sp³-hybridized carbons (Fsp3) is 0.423. The fourth-order valence-corrected chi connectivity index (χ4v) is 6.02. The van der Waals surface area contributed by atoms with Crippen LogP contribution in [0.5, 0.6) is 5.75 Å². The molecule has 2 fully saturated rings. The van der Waals surface area contributed by atoms with Crippen LogP contribution in [0.15, 0.2) is 30.7 Å². The highest BCUT2D eigenvalue weighted by molar-refractivity contribution is 7.22. The van der Waals surface area contributed by atoms with Gasteiger partial charge in [0.1, 0.15) is 16.8 Å². The van der Waals surface area contributed by atoms with Crippen LogP contribution in [-0.2, 0) is 9.59 Å². The number of aromatic nitrogens is 5. The highest BCUT2D eigenvalue weighted by atomic mass is 35.5. The zero-order valence-electron chi connectivity index (χ0n) is 20.7. The molecule has 3 heterocycles. The van der Waals surface area contributed by atoms with Gasteiger partial charge in [0.15, 0.2) is 23.2 Å². The third-order valence-corrected chi connectivity index (χ3v) is 8.36. The summed E-state index contributed by atoms with van der Waals surface area (Å²) < 4.78 is 8.30. The largest absolute Gasteiger partial charge is 0.484 e. The van der Waals surface area contributed by atoms with Crippen LogP contribution in [0, 0.1) is 11.8 Å². The minimum atomic E-state index is -0.138. The summed E-state index contributed by atoms with van der Waals surface area (Å²) in [6.45, 7) is 0.625. The zero-order chi connectivity index (χ0) is 26.1. The molecule has 38 heavy (non-hydrogen) atoms. The van der Waals surface area contributed by atoms with Gasteiger partial charge in [0, 0.05) is 18.0 Å². The summed E-state index contributed by atoms with van der Waals surface area (Å²) in [7, 11) is 0. The van der Waals surface area contributed by atoms with Crippen molar-refractivity contribution in [3.63, 3.8) is 0 Å². The summed E-state index contributed by atoms with van der Waals surface area (Å²) in [4.78, 5) is 33.1. The van der Waals surface area contributed by atoms with Gasteiger partial charge in [0.05, 0.1) is 16.9 Å². The third kappa shape index (κ3) is 5.39. The van der Waals surface area contributed by atoms with Crippen LogP contribution in [-0.4, -0.2) is 49.7 Å². The van der Waals surface area contributed by atoms with E-state index >= 15 is 0 Å². The van der Waals surface area contributed by atoms with Gasteiger partial charge in [-0.15, -0.1) is 0 Å². The maximum absolute atomic E-state index is 12.2. The molecule has 0 radical (unpaired) electrons. The molecule has 0 atom stereocenters. The van der Waals surface area contributed by atoms with Gasteiger partial charge in [-0.1, -0.05) is 48.6 Å². The summed E-state index contributed by atoms with van der Waals surface area (Å²) in [5, 5.41) is 14.2. The highest BCUT2D eigenvalue weighted by Gasteiger charge is 2.30. The molecule has 12 heteroatoms. The SMILES string of the molecule is O=C(COc1ccc(-c2cncn2-c2n[nH]c3nc(NC(=O)C4CC4)sc23)c(Cl)c1)NCCC1CCCC1. The number of carbonyl (C=O) groups excluding carboxylic acids is 2. The second-order valence-corrected chi connectivity index (χ2v) is 11.3. The van der Waals surface area contributed by atoms with E-state index < -0.39 is 0 Å². The van der Waals surface area contributed by atoms with Crippen LogP contribution < -0.4 is 15.4 Å². The van der Waals surface area contributed by atoms with Crippen LogP contribution >= 0.6 is 22.9 Å². The van der Waals surface area contributed by atoms with E-state index in [1.807, 2.05) is 10.6 Å². The van der Waals surface area contributed by atoms with E-state index in [9.17, 15) is 9.59 Å². The molecule has 3 aromatic heterocycles. The van der Waals surface area contributed by atoms with Crippen molar-refractivity contribution in [1.29, 1.82) is 0 Å². The first-order valence-electron chi connectivity index (χ1n) is 12.9. The Morgan fingerprint density at radius 1 is 1.21 bits per heavy atom. The Labute approximate surface area is 228 Å². The van der Waals surface area contributed by atoms with Gasteiger partial charge in [-0.2, -0.15) is 5.10 Å². The van der Waals surface area contributed by atoms with Crippen LogP contribution in [0.2, 0.25) is 5.02 Å². The first-order valence-corrected chi connectivity index (χ1v) is 14.1. The van der Waals surface area contributed by atoms with Crippen LogP contribution in [0.25, 0.3) is 27.4 Å². The van der Waals surface area contributed by atoms with E-state index in [-0.39, 0.29) is 24.3 Å². The Bertz CT molecular complexity index is 1470. The summed E-state index contributed by atoms with van der Waals surface area (Å²) in [5.74, 6) is 1.83. The van der Waals surface area contributed by atoms with E-state index in [2.05, 4.69) is 30.8 Å². The average Bonchev–Trinajstić information content (AvgIpc) is 3.24. The normalized spacial score (nSPS) is 15.7. The Kier molecular flexibility index (Phi) is 7.03. The average molecular weight is 554 g/mol. The molecule has 198 valence electrons. The molecule has 1 aromatic carbocycles. The van der Waals surface area contributed by atoms with Crippen molar-refractivity contribution in [2.24, 2.45) is 11.8 Å². The zero-order valence-corrected chi connectivity index (χ0v) is 22.3. The highest BCUT2D eigenvalue weighted by Crippen LogP contribution is 2.36. The third-order valence-electron chi connectivity index (χ3n) is 7.08. The first kappa shape index (κ1) is 24.9. The minimum absolute atomic E-state index is 0.00915. The van der Waals surface area contributed by atoms with Crippen molar-refractivity contribution in [3.8, 4) is 22.8 Å². The summed E-state index contributed by atoms with van der Waals surface area (Å²) in [6, 6.07) is 5.31. The van der Waals surface area contributed by atoms with Crippen molar-refractivity contribution in [2.45, 2.75) is 44.9 Å². The number of hydrogen-bond acceptors (Lipinski definition) is 7. The molecule has 2 amide bonds. The second-order valence-electron chi connectivity index (χ2n) is 9.88. The van der Waals surface area contributed by atoms with Crippen molar-refractivity contribution < 1.29 is 14.3 Å². The number of nitrogens with zero attached hydrogens (tertiary/aromatic N) is 4. The number of H-pyrrole nitrogens is 1. The van der Waals surface area contributed by atoms with Gasteiger partial charge in [-0.25, -0.2) is 9.97 Å². The van der Waals surface area contributed by atoms with Crippen molar-refractivity contribution in [3.05, 3.63) is 35.7 Å². The summed E-state index contributed by atoms with van der Waals surface area (Å²) >= 11 is 7.99. The summed E-state index contributed by atoms with van der Waals surface area (Å²) in [5.41, 5.74) is 2.06. The quantitative estimate of drug-likeness (QED) is 0.255. The Morgan fingerprint density at radius 2 is 2.05 bits per heavy atom. The predicted octanol–water partition coefficient (Wildman–Crippen LogP) is 4.95. The number of benzene rings is 1. The van der Waals surface area contributed by atoms with Crippen molar-refractivity contribution in [2.75, 3.05) is 18.5 Å². The molecule has 0 saturated heterocycles. The molecule has 0 aliphatic heterocycles. The number of aromatic amines is 1. The lowest BCUT2D eigenvalue weighted by atomic mass is 10.0. The molecule has 2 aliphatic rings. The number of amides is 2. The van der Waals surface area contributed by atoms with Crippen molar-refractivity contribution >= 4 is 50.2 Å². The van der Waals surface area contributed by atoms with Crippen LogP contribution in [0.1, 0.15) is 44.9 Å². The minimum Gasteiger partial charge on any atom is -0.484 e. The maximum Gasteiger partial charge on any atom is 0.257 e. The number of anilines is 1. The van der Waals surface area contributed by atoms with Gasteiger partial charge in [-0.05, 0) is 43.4 Å². The number of nitrogens with one attached hydrogen (secondary N) is 3. The van der Waals surface area contributed by atoms with Crippen LogP contribution in [0.3, 0.4) is 0 Å². The number of fused-ring (bicyclic) bond motifs is 1. The lowest BCUT2D eigenvalue weighted by molar-refractivity contribution is -0.123. The van der Waals surface area contributed by atoms with Gasteiger partial charge >= 0.3 is 0 Å². The molecule has 0 unspecified atom stereocenters. The number of hydrogen-bond donors (Lipinski definition) is 3. The van der Waals surface area contributed by atoms with E-state index in [0.717, 1.165) is 41.1 Å². The number of halogens is 1. The summed E-state index contributed by atoms with van der Waals surface area (Å²) in [6.07, 6.45) is 11.4. The Morgan fingerprint density at radius 3 is 2.84 bits per heavy atom. The predicted molar refractivity (Wildman–Crippen MR) is 146 cm³/mol. The number of ether oxygens (including phenoxy) is 1. The molecular weight excluding hydrogens is 526 g/mol. The smallest absolute Gasteiger partial charge is 0.257 e. The van der Waals surface area contributed by atoms with E-state index in [0.29, 0.717) is 33.9 Å². The van der Waals surface area contributed by atoms with Crippen LogP contribution in [0.4, 0.5) is 5.13 Å². The molecule has 0 bridgehead atoms. The van der Waals surface area contributed by atoms with Gasteiger partial charge in [0.25, 0.3) is 5.91 Å². The second kappa shape index (κ2) is 10.7. The molecule has 10 nitrogen and oxygen atoms in total. The molecule has 2 aliphatic carbocycles. The number of carbonyl (C=O) groups is 2. The Hall–Kier alpha value is -3.44. The topological polar surface area (TPSA) is 127 Å². The maximum atomic E-state index is 12.2. The lowest BCUT2D eigenvalue weighted by Crippen LogP contribution is -2.30. The van der Waals surface area contributed by atoms with Gasteiger partial charge < -0.3 is 15.4 Å². The van der Waals surface area contributed by atoms with E-state index in [4.69, 9.17) is 16.3 Å². The molecule has 6 rings (SSSR count). The first-order chi connectivity index (χ1) is 18.5. The van der Waals surface area contributed by atoms with E-state index in [1.165, 1.54) is 37.0 Å². The number of thiazole rings is 1. The molecule has 3 N–H and O–H groups in total. The standard InChI is InChI=1S/C26H28ClN7O3S/c27-19-11-17(37-13-21(35)29-10-9-15-3-1-2-4-15)7-8-18(19)20-12-28-14-34(20)24-22-23(32-33-24)30-26(38-22)31-25(36)16-5-6-16/h7-8,11-12,14-16H,1-6,9-10,13H2,(H,29,35)(H2,30,31,32,33,36). The van der Waals surface area contributed by atoms with Gasteiger partial charge in [-0.3, -0.25) is 19.3 Å². The Balaban J connectivity index is 1.12.